The molecule has 4 heterocycles. The zero-order chi connectivity index (χ0) is 44.4. The number of rotatable bonds is 0. The largest absolute Gasteiger partial charge is 0.485 e. The Morgan fingerprint density at radius 3 is 1.55 bits per heavy atom. The van der Waals surface area contributed by atoms with Crippen LogP contribution >= 0.6 is 55.1 Å². The summed E-state index contributed by atoms with van der Waals surface area (Å²) < 4.78 is 18.7. The third-order valence-electron chi connectivity index (χ3n) is 9.15. The van der Waals surface area contributed by atoms with Gasteiger partial charge in [0.15, 0.2) is 5.90 Å². The van der Waals surface area contributed by atoms with Gasteiger partial charge in [-0.1, -0.05) is 55.1 Å². The van der Waals surface area contributed by atoms with E-state index in [9.17, 15) is 28.8 Å². The first-order chi connectivity index (χ1) is 28.3. The number of aliphatic imine (C=N–C) groups is 1. The molecule has 0 bridgehead atoms. The molecule has 0 N–H and O–H groups in total. The summed E-state index contributed by atoms with van der Waals surface area (Å²) in [4.78, 5) is 71.3. The second-order valence-corrected chi connectivity index (χ2v) is 15.9. The number of cyclic esters (lactones) is 4. The van der Waals surface area contributed by atoms with E-state index in [4.69, 9.17) is 23.2 Å². The molecule has 0 atom stereocenters. The molecule has 0 amide bonds. The zero-order valence-corrected chi connectivity index (χ0v) is 38.2. The van der Waals surface area contributed by atoms with Gasteiger partial charge < -0.3 is 23.3 Å². The Kier molecular flexibility index (Phi) is 16.7. The second-order valence-electron chi connectivity index (χ2n) is 13.2. The van der Waals surface area contributed by atoms with E-state index in [2.05, 4.69) is 51.1 Å². The smallest absolute Gasteiger partial charge is 0.346 e. The highest BCUT2D eigenvalue weighted by Crippen LogP contribution is 2.23. The predicted octanol–water partition coefficient (Wildman–Crippen LogP) is 9.06. The number of pyridine rings is 2. The van der Waals surface area contributed by atoms with E-state index in [1.54, 1.807) is 92.8 Å². The highest BCUT2D eigenvalue weighted by atomic mass is 79.9. The van der Waals surface area contributed by atoms with Gasteiger partial charge in [0.1, 0.15) is 0 Å². The van der Waals surface area contributed by atoms with Gasteiger partial charge in [-0.15, -0.1) is 0 Å². The first kappa shape index (κ1) is 47.3. The van der Waals surface area contributed by atoms with Crippen LogP contribution < -0.4 is 11.1 Å². The molecule has 16 heteroatoms. The van der Waals surface area contributed by atoms with E-state index in [0.717, 1.165) is 48.0 Å². The van der Waals surface area contributed by atoms with Gasteiger partial charge in [-0.3, -0.25) is 24.2 Å². The Morgan fingerprint density at radius 2 is 1.05 bits per heavy atom. The summed E-state index contributed by atoms with van der Waals surface area (Å²) in [6, 6.07) is 24.9. The number of aryl methyl sites for hydroxylation is 2. The molecule has 60 heavy (non-hydrogen) atoms. The molecule has 4 aromatic carbocycles. The van der Waals surface area contributed by atoms with Crippen LogP contribution in [0.1, 0.15) is 50.2 Å². The lowest BCUT2D eigenvalue weighted by molar-refractivity contribution is -0.139. The van der Waals surface area contributed by atoms with Crippen molar-refractivity contribution in [2.75, 3.05) is 14.2 Å². The number of fused-ring (bicyclic) bond motifs is 4. The fourth-order valence-corrected chi connectivity index (χ4v) is 6.79. The van der Waals surface area contributed by atoms with E-state index in [0.29, 0.717) is 32.1 Å². The first-order valence-electron chi connectivity index (χ1n) is 17.9. The fourth-order valence-electron chi connectivity index (χ4n) is 5.63. The molecule has 2 aliphatic rings. The Morgan fingerprint density at radius 1 is 0.633 bits per heavy atom. The highest BCUT2D eigenvalue weighted by molar-refractivity contribution is 9.10. The summed E-state index contributed by atoms with van der Waals surface area (Å²) in [5.41, 5.74) is 4.24. The quantitative estimate of drug-likeness (QED) is 0.0628. The van der Waals surface area contributed by atoms with Gasteiger partial charge in [-0.2, -0.15) is 0 Å². The lowest BCUT2D eigenvalue weighted by atomic mass is 10.0. The lowest BCUT2D eigenvalue weighted by Gasteiger charge is -2.13. The molecule has 2 aliphatic heterocycles. The van der Waals surface area contributed by atoms with Crippen LogP contribution in [0.25, 0.3) is 21.5 Å². The van der Waals surface area contributed by atoms with Crippen molar-refractivity contribution in [3.8, 4) is 0 Å². The minimum absolute atomic E-state index is 0.0247. The predicted molar refractivity (Wildman–Crippen MR) is 240 cm³/mol. The summed E-state index contributed by atoms with van der Waals surface area (Å²) >= 11 is 18.2. The number of esters is 4. The van der Waals surface area contributed by atoms with Crippen LogP contribution in [0.15, 0.2) is 108 Å². The number of aromatic nitrogens is 2. The van der Waals surface area contributed by atoms with Crippen molar-refractivity contribution in [3.63, 3.8) is 0 Å². The summed E-state index contributed by atoms with van der Waals surface area (Å²) in [5.74, 6) is -1.45. The SMILES string of the molecule is CN=C(C)OC.Cc1cc2cc(Br)ccc2c(=O)n1C.Cc1cc2cc(Cl)ccc2c(=O)n1C.O=C1Cc2cc(Br)ccc2C(=O)O1.O=C1Cc2cc(Cl)ccc2C(=O)O1. The van der Waals surface area contributed by atoms with Crippen LogP contribution in [0.4, 0.5) is 0 Å². The number of nitrogens with zero attached hydrogens (tertiary/aromatic N) is 3. The molecule has 0 fully saturated rings. The Balaban J connectivity index is 0.000000169. The Bertz CT molecular complexity index is 2620. The van der Waals surface area contributed by atoms with Crippen LogP contribution in [0, 0.1) is 13.8 Å². The normalized spacial score (nSPS) is 12.8. The standard InChI is InChI=1S/C11H10BrNO.C11H10ClNO.C9H5BrO3.C9H5ClO3.C4H9NO/c2*1-7-5-8-6-9(12)3-4-10(8)11(14)13(7)2;2*10-6-1-2-7-5(3-6)4-8(11)13-9(7)12;1-4(5-2)6-3/h2*3-6H,1-2H3;2*1-3H,4H2;1-3H3. The zero-order valence-electron chi connectivity index (χ0n) is 33.5. The van der Waals surface area contributed by atoms with Crippen LogP contribution in [0.5, 0.6) is 0 Å². The number of halogens is 4. The number of carbonyl (C=O) groups is 4. The monoisotopic (exact) mass is 981 g/mol. The minimum Gasteiger partial charge on any atom is -0.485 e. The van der Waals surface area contributed by atoms with Crippen molar-refractivity contribution in [2.45, 2.75) is 33.6 Å². The van der Waals surface area contributed by atoms with Gasteiger partial charge in [0.2, 0.25) is 0 Å². The van der Waals surface area contributed by atoms with Crippen LogP contribution in [-0.4, -0.2) is 53.1 Å². The Hall–Kier alpha value is -5.41. The van der Waals surface area contributed by atoms with Crippen molar-refractivity contribution in [1.82, 2.24) is 9.13 Å². The average molecular weight is 985 g/mol. The maximum atomic E-state index is 11.8. The maximum Gasteiger partial charge on any atom is 0.346 e. The minimum atomic E-state index is -0.595. The van der Waals surface area contributed by atoms with Crippen LogP contribution in [0.3, 0.4) is 0 Å². The third-order valence-corrected chi connectivity index (χ3v) is 10.6. The second kappa shape index (κ2) is 21.2. The maximum absolute atomic E-state index is 11.8. The number of hydrogen-bond donors (Lipinski definition) is 0. The van der Waals surface area contributed by atoms with E-state index in [-0.39, 0.29) is 24.0 Å². The molecule has 0 radical (unpaired) electrons. The Labute approximate surface area is 371 Å². The van der Waals surface area contributed by atoms with E-state index in [1.165, 1.54) is 0 Å². The number of benzene rings is 4. The summed E-state index contributed by atoms with van der Waals surface area (Å²) in [6.45, 7) is 5.64. The van der Waals surface area contributed by atoms with E-state index < -0.39 is 23.9 Å². The van der Waals surface area contributed by atoms with Gasteiger partial charge in [-0.25, -0.2) is 9.59 Å². The summed E-state index contributed by atoms with van der Waals surface area (Å²) in [5, 5.41) is 4.54. The van der Waals surface area contributed by atoms with Crippen LogP contribution in [0.2, 0.25) is 10.0 Å². The van der Waals surface area contributed by atoms with Gasteiger partial charge in [0.25, 0.3) is 11.1 Å². The number of hydrogen-bond acceptors (Lipinski definition) is 10. The van der Waals surface area contributed by atoms with Crippen molar-refractivity contribution >= 4 is 106 Å². The van der Waals surface area contributed by atoms with Crippen molar-refractivity contribution in [3.05, 3.63) is 158 Å². The number of methoxy groups -OCH3 is 1. The fraction of sp³-hybridized carbons (Fsp3) is 0.205. The lowest BCUT2D eigenvalue weighted by Crippen LogP contribution is -2.22. The molecule has 312 valence electrons. The van der Waals surface area contributed by atoms with Gasteiger partial charge in [0.05, 0.1) is 31.1 Å². The number of carbonyl (C=O) groups excluding carboxylic acids is 4. The van der Waals surface area contributed by atoms with Crippen molar-refractivity contribution < 1.29 is 33.4 Å². The van der Waals surface area contributed by atoms with Gasteiger partial charge in [-0.05, 0) is 121 Å². The highest BCUT2D eigenvalue weighted by Gasteiger charge is 2.25. The van der Waals surface area contributed by atoms with E-state index in [1.807, 2.05) is 50.2 Å². The average Bonchev–Trinajstić information content (AvgIpc) is 3.19. The van der Waals surface area contributed by atoms with E-state index >= 15 is 0 Å². The van der Waals surface area contributed by atoms with Gasteiger partial charge in [0, 0.05) is 69.2 Å². The summed E-state index contributed by atoms with van der Waals surface area (Å²) in [7, 11) is 6.85. The topological polar surface area (TPSA) is 152 Å². The molecular formula is C44H39Br2Cl2N3O9. The molecular weight excluding hydrogens is 945 g/mol. The molecule has 0 unspecified atom stereocenters. The summed E-state index contributed by atoms with van der Waals surface area (Å²) in [6.07, 6.45) is 0.280. The number of ether oxygens (including phenoxy) is 3. The van der Waals surface area contributed by atoms with Gasteiger partial charge >= 0.3 is 23.9 Å². The third kappa shape index (κ3) is 12.3. The molecule has 0 aliphatic carbocycles. The molecule has 6 aromatic rings. The molecule has 2 aromatic heterocycles. The first-order valence-corrected chi connectivity index (χ1v) is 20.2. The molecule has 8 rings (SSSR count). The van der Waals surface area contributed by atoms with Crippen molar-refractivity contribution in [2.24, 2.45) is 19.1 Å². The molecule has 12 nitrogen and oxygen atoms in total. The molecule has 0 spiro atoms. The molecule has 0 saturated carbocycles. The van der Waals surface area contributed by atoms with Crippen LogP contribution in [-0.2, 0) is 50.7 Å². The van der Waals surface area contributed by atoms with Crippen molar-refractivity contribution in [1.29, 1.82) is 0 Å². The molecule has 0 saturated heterocycles.